The van der Waals surface area contributed by atoms with Crippen molar-refractivity contribution in [1.29, 1.82) is 0 Å². The molecule has 0 aliphatic carbocycles. The Bertz CT molecular complexity index is 552. The summed E-state index contributed by atoms with van der Waals surface area (Å²) in [6.07, 6.45) is -0.532. The molecule has 1 atom stereocenters. The Morgan fingerprint density at radius 3 is 2.38 bits per heavy atom. The maximum absolute atomic E-state index is 12.2. The average Bonchev–Trinajstić information content (AvgIpc) is 2.90. The molecule has 1 aromatic rings. The van der Waals surface area contributed by atoms with Crippen molar-refractivity contribution >= 4 is 11.9 Å². The maximum atomic E-state index is 12.2. The molecule has 0 bridgehead atoms. The third kappa shape index (κ3) is 2.86. The van der Waals surface area contributed by atoms with Crippen molar-refractivity contribution in [3.8, 4) is 17.2 Å². The van der Waals surface area contributed by atoms with E-state index in [2.05, 4.69) is 0 Å². The number of carbonyl (C=O) groups excluding carboxylic acids is 2. The van der Waals surface area contributed by atoms with E-state index in [1.54, 1.807) is 6.07 Å². The third-order valence-electron chi connectivity index (χ3n) is 3.06. The summed E-state index contributed by atoms with van der Waals surface area (Å²) in [5.41, 5.74) is 0.148. The molecular weight excluding hydrogens is 280 g/mol. The number of hydrogen-bond donors (Lipinski definition) is 0. The summed E-state index contributed by atoms with van der Waals surface area (Å²) in [7, 11) is 4.31. The Hall–Kier alpha value is -2.44. The molecule has 21 heavy (non-hydrogen) atoms. The van der Waals surface area contributed by atoms with E-state index >= 15 is 0 Å². The van der Waals surface area contributed by atoms with E-state index in [1.165, 1.54) is 27.4 Å². The van der Waals surface area contributed by atoms with Crippen LogP contribution in [0.1, 0.15) is 16.8 Å². The number of hydrogen-bond acceptors (Lipinski definition) is 7. The normalized spacial score (nSPS) is 17.1. The van der Waals surface area contributed by atoms with Gasteiger partial charge in [-0.25, -0.2) is 9.59 Å². The summed E-state index contributed by atoms with van der Waals surface area (Å²) in [4.78, 5) is 23.5. The smallest absolute Gasteiger partial charge is 0.347 e. The predicted octanol–water partition coefficient (Wildman–Crippen LogP) is 1.18. The van der Waals surface area contributed by atoms with E-state index in [0.717, 1.165) is 0 Å². The molecule has 0 saturated carbocycles. The molecule has 0 amide bonds. The van der Waals surface area contributed by atoms with Crippen molar-refractivity contribution < 1.29 is 33.3 Å². The monoisotopic (exact) mass is 296 g/mol. The quantitative estimate of drug-likeness (QED) is 0.755. The van der Waals surface area contributed by atoms with Crippen LogP contribution in [0, 0.1) is 0 Å². The molecule has 1 aromatic carbocycles. The first-order valence-electron chi connectivity index (χ1n) is 6.29. The highest BCUT2D eigenvalue weighted by Crippen LogP contribution is 2.40. The van der Waals surface area contributed by atoms with Gasteiger partial charge in [0.15, 0.2) is 11.5 Å². The zero-order valence-corrected chi connectivity index (χ0v) is 12.0. The lowest BCUT2D eigenvalue weighted by atomic mass is 10.1. The minimum absolute atomic E-state index is 0.148. The molecular formula is C14H16O7. The minimum Gasteiger partial charge on any atom is -0.493 e. The van der Waals surface area contributed by atoms with Gasteiger partial charge < -0.3 is 23.7 Å². The summed E-state index contributed by atoms with van der Waals surface area (Å²) in [5, 5.41) is 0. The van der Waals surface area contributed by atoms with Gasteiger partial charge in [0.1, 0.15) is 5.56 Å². The average molecular weight is 296 g/mol. The van der Waals surface area contributed by atoms with E-state index in [-0.39, 0.29) is 23.7 Å². The zero-order chi connectivity index (χ0) is 15.4. The SMILES string of the molecule is COc1ccc(C(=O)O[C@H]2CCOC2=O)c(OC)c1OC. The second-order valence-corrected chi connectivity index (χ2v) is 4.23. The van der Waals surface area contributed by atoms with Crippen LogP contribution in [0.5, 0.6) is 17.2 Å². The number of rotatable bonds is 5. The molecule has 7 heteroatoms. The van der Waals surface area contributed by atoms with E-state index in [4.69, 9.17) is 23.7 Å². The van der Waals surface area contributed by atoms with Gasteiger partial charge >= 0.3 is 11.9 Å². The van der Waals surface area contributed by atoms with Crippen molar-refractivity contribution in [2.75, 3.05) is 27.9 Å². The zero-order valence-electron chi connectivity index (χ0n) is 12.0. The molecule has 1 saturated heterocycles. The molecule has 0 radical (unpaired) electrons. The van der Waals surface area contributed by atoms with Crippen LogP contribution in [0.15, 0.2) is 12.1 Å². The third-order valence-corrected chi connectivity index (χ3v) is 3.06. The fourth-order valence-electron chi connectivity index (χ4n) is 2.04. The van der Waals surface area contributed by atoms with Crippen LogP contribution in [-0.2, 0) is 14.3 Å². The van der Waals surface area contributed by atoms with Gasteiger partial charge in [0, 0.05) is 6.42 Å². The Balaban J connectivity index is 2.30. The van der Waals surface area contributed by atoms with Crippen molar-refractivity contribution in [3.63, 3.8) is 0 Å². The fraction of sp³-hybridized carbons (Fsp3) is 0.429. The van der Waals surface area contributed by atoms with E-state index in [1.807, 2.05) is 0 Å². The molecule has 0 aromatic heterocycles. The second-order valence-electron chi connectivity index (χ2n) is 4.23. The highest BCUT2D eigenvalue weighted by atomic mass is 16.6. The van der Waals surface area contributed by atoms with Gasteiger partial charge in [-0.2, -0.15) is 0 Å². The van der Waals surface area contributed by atoms with Gasteiger partial charge in [-0.15, -0.1) is 0 Å². The topological polar surface area (TPSA) is 80.3 Å². The molecule has 2 rings (SSSR count). The summed E-state index contributed by atoms with van der Waals surface area (Å²) in [5.74, 6) is -0.331. The molecule has 1 heterocycles. The highest BCUT2D eigenvalue weighted by Gasteiger charge is 2.32. The molecule has 7 nitrogen and oxygen atoms in total. The van der Waals surface area contributed by atoms with Crippen molar-refractivity contribution in [1.82, 2.24) is 0 Å². The van der Waals surface area contributed by atoms with Gasteiger partial charge in [0.2, 0.25) is 11.9 Å². The van der Waals surface area contributed by atoms with Gasteiger partial charge in [-0.3, -0.25) is 0 Å². The van der Waals surface area contributed by atoms with Crippen LogP contribution in [0.25, 0.3) is 0 Å². The first-order valence-corrected chi connectivity index (χ1v) is 6.29. The summed E-state index contributed by atoms with van der Waals surface area (Å²) < 4.78 is 25.4. The molecule has 1 aliphatic heterocycles. The standard InChI is InChI=1S/C14H16O7/c1-17-9-5-4-8(11(18-2)12(9)19-3)13(15)21-10-6-7-20-14(10)16/h4-5,10H,6-7H2,1-3H3/t10-/m0/s1. The molecule has 114 valence electrons. The number of methoxy groups -OCH3 is 3. The Morgan fingerprint density at radius 2 is 1.86 bits per heavy atom. The van der Waals surface area contributed by atoms with Crippen LogP contribution in [0.3, 0.4) is 0 Å². The predicted molar refractivity (Wildman–Crippen MR) is 70.9 cm³/mol. The lowest BCUT2D eigenvalue weighted by molar-refractivity contribution is -0.145. The molecule has 0 spiro atoms. The molecule has 1 aliphatic rings. The van der Waals surface area contributed by atoms with Gasteiger partial charge in [-0.05, 0) is 12.1 Å². The van der Waals surface area contributed by atoms with Crippen LogP contribution >= 0.6 is 0 Å². The van der Waals surface area contributed by atoms with Gasteiger partial charge in [-0.1, -0.05) is 0 Å². The minimum atomic E-state index is -0.879. The van der Waals surface area contributed by atoms with Crippen LogP contribution in [-0.4, -0.2) is 46.0 Å². The lowest BCUT2D eigenvalue weighted by Crippen LogP contribution is -2.23. The first-order chi connectivity index (χ1) is 10.1. The molecule has 1 fully saturated rings. The maximum Gasteiger partial charge on any atom is 0.347 e. The molecule has 0 N–H and O–H groups in total. The van der Waals surface area contributed by atoms with Crippen LogP contribution < -0.4 is 14.2 Å². The number of ether oxygens (including phenoxy) is 5. The number of carbonyl (C=O) groups is 2. The Morgan fingerprint density at radius 1 is 1.14 bits per heavy atom. The fourth-order valence-corrected chi connectivity index (χ4v) is 2.04. The number of cyclic esters (lactones) is 1. The first kappa shape index (κ1) is 15.0. The summed E-state index contributed by atoms with van der Waals surface area (Å²) in [6.45, 7) is 0.250. The van der Waals surface area contributed by atoms with E-state index in [9.17, 15) is 9.59 Å². The Labute approximate surface area is 121 Å². The van der Waals surface area contributed by atoms with Crippen LogP contribution in [0.2, 0.25) is 0 Å². The Kier molecular flexibility index (Phi) is 4.52. The molecule has 0 unspecified atom stereocenters. The lowest BCUT2D eigenvalue weighted by Gasteiger charge is -2.15. The van der Waals surface area contributed by atoms with Crippen molar-refractivity contribution in [2.45, 2.75) is 12.5 Å². The second kappa shape index (κ2) is 6.34. The van der Waals surface area contributed by atoms with Crippen molar-refractivity contribution in [3.05, 3.63) is 17.7 Å². The highest BCUT2D eigenvalue weighted by molar-refractivity contribution is 5.95. The van der Waals surface area contributed by atoms with Gasteiger partial charge in [0.05, 0.1) is 27.9 Å². The van der Waals surface area contributed by atoms with E-state index < -0.39 is 18.0 Å². The van der Waals surface area contributed by atoms with E-state index in [0.29, 0.717) is 12.2 Å². The van der Waals surface area contributed by atoms with Gasteiger partial charge in [0.25, 0.3) is 0 Å². The number of esters is 2. The largest absolute Gasteiger partial charge is 0.493 e. The van der Waals surface area contributed by atoms with Crippen molar-refractivity contribution in [2.24, 2.45) is 0 Å². The summed E-state index contributed by atoms with van der Waals surface area (Å²) >= 11 is 0. The summed E-state index contributed by atoms with van der Waals surface area (Å²) in [6, 6.07) is 3.05. The van der Waals surface area contributed by atoms with Crippen LogP contribution in [0.4, 0.5) is 0 Å². The number of benzene rings is 1.